The van der Waals surface area contributed by atoms with Gasteiger partial charge in [0.2, 0.25) is 5.96 Å². The van der Waals surface area contributed by atoms with E-state index in [0.717, 1.165) is 75.6 Å². The molecule has 1 aliphatic rings. The molecule has 1 aliphatic heterocycles. The third-order valence-corrected chi connectivity index (χ3v) is 6.44. The summed E-state index contributed by atoms with van der Waals surface area (Å²) in [5, 5.41) is 6.12. The van der Waals surface area contributed by atoms with E-state index in [1.165, 1.54) is 0 Å². The Bertz CT molecular complexity index is 973. The molecule has 0 saturated carbocycles. The number of nitrogens with two attached hydrogens (primary N) is 1. The average Bonchev–Trinajstić information content (AvgIpc) is 2.94. The van der Waals surface area contributed by atoms with Gasteiger partial charge in [0, 0.05) is 25.2 Å². The number of para-hydroxylation sites is 1. The molecule has 230 valence electrons. The lowest BCUT2D eigenvalue weighted by Gasteiger charge is -2.26. The van der Waals surface area contributed by atoms with Gasteiger partial charge in [-0.2, -0.15) is 0 Å². The number of hydrogen-bond acceptors (Lipinski definition) is 6. The molecule has 10 heteroatoms. The van der Waals surface area contributed by atoms with E-state index >= 15 is 0 Å². The number of benzene rings is 1. The van der Waals surface area contributed by atoms with E-state index in [1.807, 2.05) is 69.0 Å². The van der Waals surface area contributed by atoms with E-state index in [0.29, 0.717) is 44.7 Å². The minimum Gasteiger partial charge on any atom is -0.493 e. The van der Waals surface area contributed by atoms with Crippen LogP contribution in [0.4, 0.5) is 4.79 Å². The van der Waals surface area contributed by atoms with Crippen molar-refractivity contribution in [2.24, 2.45) is 15.7 Å². The van der Waals surface area contributed by atoms with Gasteiger partial charge in [-0.1, -0.05) is 56.0 Å². The Morgan fingerprint density at radius 3 is 2.68 bits per heavy atom. The topological polar surface area (TPSA) is 126 Å². The number of unbranched alkanes of at least 4 members (excludes halogenated alkanes) is 5. The first-order chi connectivity index (χ1) is 19.8. The lowest BCUT2D eigenvalue weighted by molar-refractivity contribution is -0.0438. The van der Waals surface area contributed by atoms with Gasteiger partial charge in [0.15, 0.2) is 5.96 Å². The van der Waals surface area contributed by atoms with Gasteiger partial charge in [-0.15, -0.1) is 0 Å². The number of nitrogens with one attached hydrogen (secondary N) is 3. The Morgan fingerprint density at radius 2 is 1.90 bits per heavy atom. The van der Waals surface area contributed by atoms with Crippen LogP contribution in [-0.4, -0.2) is 61.2 Å². The minimum atomic E-state index is -0.449. The molecular weight excluding hydrogens is 518 g/mol. The number of carbonyl (C=O) groups excluding carboxylic acids is 1. The quantitative estimate of drug-likeness (QED) is 0.0892. The number of nitrogens with zero attached hydrogens (tertiary/aromatic N) is 3. The summed E-state index contributed by atoms with van der Waals surface area (Å²) in [7, 11) is 0. The number of hydrogen-bond donors (Lipinski definition) is 4. The number of amides is 2. The molecule has 2 amide bonds. The molecule has 5 N–H and O–H groups in total. The van der Waals surface area contributed by atoms with Crippen LogP contribution in [-0.2, 0) is 11.4 Å². The first kappa shape index (κ1) is 33.9. The van der Waals surface area contributed by atoms with Crippen molar-refractivity contribution in [3.8, 4) is 5.75 Å². The summed E-state index contributed by atoms with van der Waals surface area (Å²) in [5.41, 5.74) is 9.24. The highest BCUT2D eigenvalue weighted by molar-refractivity contribution is 5.95. The molecule has 41 heavy (non-hydrogen) atoms. The predicted octanol–water partition coefficient (Wildman–Crippen LogP) is 5.26. The molecule has 10 nitrogen and oxygen atoms in total. The first-order valence-electron chi connectivity index (χ1n) is 15.2. The second-order valence-corrected chi connectivity index (χ2v) is 11.3. The van der Waals surface area contributed by atoms with E-state index in [2.05, 4.69) is 26.1 Å². The van der Waals surface area contributed by atoms with Crippen LogP contribution in [0.2, 0.25) is 0 Å². The first-order valence-corrected chi connectivity index (χ1v) is 15.2. The Balaban J connectivity index is 1.85. The Morgan fingerprint density at radius 1 is 1.15 bits per heavy atom. The summed E-state index contributed by atoms with van der Waals surface area (Å²) in [5.74, 6) is 1.62. The number of fused-ring (bicyclic) bond motifs is 1. The number of carbonyl (C=O) groups is 1. The van der Waals surface area contributed by atoms with Crippen LogP contribution in [0.5, 0.6) is 5.75 Å². The van der Waals surface area contributed by atoms with Crippen LogP contribution in [0.3, 0.4) is 0 Å². The standard InChI is InChI=1S/C31H53N7O3/c1-5-6-20-33-28(32)34-21-14-9-7-8-10-15-22-38-23-16-11-17-24-40-27-19-13-12-18-26(27)25-35-29(36-30(38)39)37-41-31(2,3)4/h5-6,12-13,18-19H,7-11,14-17,20-25H2,1-4H3,(H3,32,33,34)(H2,35,36,37,39)/b6-5+. The smallest absolute Gasteiger partial charge is 0.324 e. The van der Waals surface area contributed by atoms with E-state index in [-0.39, 0.29) is 6.03 Å². The van der Waals surface area contributed by atoms with Crippen molar-refractivity contribution in [2.75, 3.05) is 32.8 Å². The zero-order valence-electron chi connectivity index (χ0n) is 25.7. The Labute approximate surface area is 247 Å². The van der Waals surface area contributed by atoms with E-state index in [4.69, 9.17) is 15.3 Å². The zero-order chi connectivity index (χ0) is 29.8. The van der Waals surface area contributed by atoms with Crippen LogP contribution < -0.4 is 26.6 Å². The SMILES string of the molecule is C/C=C/CN=C(N)NCCCCCCCCN1CCCCCOc2ccccc2CN=C(NOC(C)(C)C)NC1=O. The lowest BCUT2D eigenvalue weighted by atomic mass is 10.1. The van der Waals surface area contributed by atoms with E-state index < -0.39 is 5.60 Å². The molecule has 0 unspecified atom stereocenters. The molecule has 0 aromatic heterocycles. The van der Waals surface area contributed by atoms with Gasteiger partial charge in [-0.05, 0) is 65.9 Å². The predicted molar refractivity (Wildman–Crippen MR) is 168 cm³/mol. The van der Waals surface area contributed by atoms with Crippen molar-refractivity contribution in [1.82, 2.24) is 21.0 Å². The second-order valence-electron chi connectivity index (χ2n) is 11.3. The summed E-state index contributed by atoms with van der Waals surface area (Å²) in [4.78, 5) is 29.8. The van der Waals surface area contributed by atoms with E-state index in [9.17, 15) is 4.79 Å². The fourth-order valence-electron chi connectivity index (χ4n) is 4.16. The molecule has 1 heterocycles. The van der Waals surface area contributed by atoms with Crippen molar-refractivity contribution in [2.45, 2.75) is 97.6 Å². The van der Waals surface area contributed by atoms with Crippen LogP contribution in [0.15, 0.2) is 46.4 Å². The minimum absolute atomic E-state index is 0.157. The fourth-order valence-corrected chi connectivity index (χ4v) is 4.16. The van der Waals surface area contributed by atoms with Gasteiger partial charge in [-0.3, -0.25) is 10.2 Å². The molecular formula is C31H53N7O3. The summed E-state index contributed by atoms with van der Waals surface area (Å²) in [6.07, 6.45) is 13.4. The van der Waals surface area contributed by atoms with Crippen LogP contribution in [0.25, 0.3) is 0 Å². The van der Waals surface area contributed by atoms with Gasteiger partial charge in [0.1, 0.15) is 5.75 Å². The summed E-state index contributed by atoms with van der Waals surface area (Å²) in [6, 6.07) is 7.73. The number of rotatable bonds is 12. The highest BCUT2D eigenvalue weighted by Crippen LogP contribution is 2.20. The van der Waals surface area contributed by atoms with Crippen molar-refractivity contribution in [1.29, 1.82) is 0 Å². The molecule has 0 radical (unpaired) electrons. The molecule has 1 aromatic carbocycles. The number of allylic oxidation sites excluding steroid dienone is 1. The maximum atomic E-state index is 13.3. The number of urea groups is 1. The normalized spacial score (nSPS) is 15.9. The molecule has 0 saturated heterocycles. The fraction of sp³-hybridized carbons (Fsp3) is 0.645. The van der Waals surface area contributed by atoms with Crippen molar-refractivity contribution in [3.63, 3.8) is 0 Å². The second kappa shape index (κ2) is 19.7. The molecule has 0 aliphatic carbocycles. The van der Waals surface area contributed by atoms with Crippen molar-refractivity contribution >= 4 is 18.0 Å². The molecule has 0 spiro atoms. The lowest BCUT2D eigenvalue weighted by Crippen LogP contribution is -2.49. The highest BCUT2D eigenvalue weighted by atomic mass is 16.7. The number of aliphatic imine (C=N–C) groups is 2. The Hall–Kier alpha value is -3.27. The number of hydroxylamine groups is 1. The molecule has 0 atom stereocenters. The van der Waals surface area contributed by atoms with Crippen molar-refractivity contribution < 1.29 is 14.4 Å². The number of guanidine groups is 2. The molecule has 0 bridgehead atoms. The molecule has 1 aromatic rings. The summed E-state index contributed by atoms with van der Waals surface area (Å²) in [6.45, 7) is 11.6. The van der Waals surface area contributed by atoms with E-state index in [1.54, 1.807) is 0 Å². The van der Waals surface area contributed by atoms with Crippen LogP contribution in [0, 0.1) is 0 Å². The zero-order valence-corrected chi connectivity index (χ0v) is 25.7. The average molecular weight is 572 g/mol. The van der Waals surface area contributed by atoms with Crippen molar-refractivity contribution in [3.05, 3.63) is 42.0 Å². The third-order valence-electron chi connectivity index (χ3n) is 6.44. The summed E-state index contributed by atoms with van der Waals surface area (Å²) >= 11 is 0. The van der Waals surface area contributed by atoms with Gasteiger partial charge < -0.3 is 20.7 Å². The van der Waals surface area contributed by atoms with Gasteiger partial charge in [0.05, 0.1) is 25.3 Å². The van der Waals surface area contributed by atoms with Gasteiger partial charge >= 0.3 is 6.03 Å². The molecule has 2 rings (SSSR count). The summed E-state index contributed by atoms with van der Waals surface area (Å²) < 4.78 is 6.05. The Kier molecular flexibility index (Phi) is 16.3. The van der Waals surface area contributed by atoms with Crippen LogP contribution in [0.1, 0.15) is 91.0 Å². The largest absolute Gasteiger partial charge is 0.493 e. The van der Waals surface area contributed by atoms with Crippen LogP contribution >= 0.6 is 0 Å². The van der Waals surface area contributed by atoms with Gasteiger partial charge in [0.25, 0.3) is 0 Å². The maximum absolute atomic E-state index is 13.3. The maximum Gasteiger partial charge on any atom is 0.324 e. The molecule has 0 fully saturated rings. The number of ether oxygens (including phenoxy) is 1. The van der Waals surface area contributed by atoms with Gasteiger partial charge in [-0.25, -0.2) is 20.3 Å². The monoisotopic (exact) mass is 571 g/mol. The highest BCUT2D eigenvalue weighted by Gasteiger charge is 2.18. The third kappa shape index (κ3) is 15.9.